The molecule has 0 nitrogen and oxygen atoms in total. The quantitative estimate of drug-likeness (QED) is 0.477. The first-order valence-electron chi connectivity index (χ1n) is 6.18. The maximum atomic E-state index is 2.41. The van der Waals surface area contributed by atoms with Gasteiger partial charge in [-0.3, -0.25) is 0 Å². The molecule has 84 valence electrons. The zero-order valence-corrected chi connectivity index (χ0v) is 10.5. The number of allylic oxidation sites excluding steroid dienone is 6. The molecular formula is C15H24. The molecule has 0 fully saturated rings. The van der Waals surface area contributed by atoms with Crippen molar-refractivity contribution < 1.29 is 0 Å². The van der Waals surface area contributed by atoms with Crippen LogP contribution in [0.2, 0.25) is 0 Å². The molecule has 0 amide bonds. The lowest BCUT2D eigenvalue weighted by Crippen LogP contribution is -1.84. The van der Waals surface area contributed by atoms with Gasteiger partial charge in [0.1, 0.15) is 0 Å². The van der Waals surface area contributed by atoms with Crippen molar-refractivity contribution in [1.29, 1.82) is 0 Å². The Bertz CT molecular complexity index is 276. The lowest BCUT2D eigenvalue weighted by atomic mass is 10.0. The fraction of sp³-hybridized carbons (Fsp3) is 0.600. The molecular weight excluding hydrogens is 180 g/mol. The van der Waals surface area contributed by atoms with E-state index in [1.54, 1.807) is 5.57 Å². The van der Waals surface area contributed by atoms with Crippen molar-refractivity contribution in [3.05, 3.63) is 34.9 Å². The fourth-order valence-electron chi connectivity index (χ4n) is 2.05. The fourth-order valence-corrected chi connectivity index (χ4v) is 2.05. The van der Waals surface area contributed by atoms with E-state index < -0.39 is 0 Å². The van der Waals surface area contributed by atoms with E-state index in [-0.39, 0.29) is 0 Å². The van der Waals surface area contributed by atoms with Gasteiger partial charge in [-0.15, -0.1) is 0 Å². The molecule has 0 heterocycles. The van der Waals surface area contributed by atoms with Crippen LogP contribution in [-0.2, 0) is 0 Å². The summed E-state index contributed by atoms with van der Waals surface area (Å²) in [6, 6.07) is 0. The molecule has 0 aromatic heterocycles. The molecule has 1 aliphatic carbocycles. The Hall–Kier alpha value is -0.780. The largest absolute Gasteiger partial charge is 0.0853 e. The second-order valence-corrected chi connectivity index (χ2v) is 4.77. The van der Waals surface area contributed by atoms with Gasteiger partial charge >= 0.3 is 0 Å². The smallest absolute Gasteiger partial charge is 0.0285 e. The molecule has 0 bridgehead atoms. The van der Waals surface area contributed by atoms with Gasteiger partial charge in [-0.2, -0.15) is 0 Å². The molecule has 0 aliphatic heterocycles. The Morgan fingerprint density at radius 3 is 2.40 bits per heavy atom. The van der Waals surface area contributed by atoms with Gasteiger partial charge < -0.3 is 0 Å². The zero-order chi connectivity index (χ0) is 11.1. The van der Waals surface area contributed by atoms with Gasteiger partial charge in [0.2, 0.25) is 0 Å². The third-order valence-electron chi connectivity index (χ3n) is 3.00. The van der Waals surface area contributed by atoms with Crippen molar-refractivity contribution in [2.24, 2.45) is 0 Å². The number of hydrogen-bond donors (Lipinski definition) is 0. The van der Waals surface area contributed by atoms with Crippen molar-refractivity contribution in [2.75, 3.05) is 0 Å². The summed E-state index contributed by atoms with van der Waals surface area (Å²) in [7, 11) is 0. The molecule has 1 aliphatic rings. The molecule has 0 saturated heterocycles. The summed E-state index contributed by atoms with van der Waals surface area (Å²) in [6.07, 6.45) is 14.7. The van der Waals surface area contributed by atoms with Crippen LogP contribution in [0.15, 0.2) is 34.9 Å². The molecule has 0 aromatic carbocycles. The van der Waals surface area contributed by atoms with Crippen LogP contribution in [0.4, 0.5) is 0 Å². The molecule has 0 spiro atoms. The average Bonchev–Trinajstić information content (AvgIpc) is 2.15. The van der Waals surface area contributed by atoms with Crippen LogP contribution in [0.25, 0.3) is 0 Å². The van der Waals surface area contributed by atoms with E-state index in [0.717, 1.165) is 0 Å². The van der Waals surface area contributed by atoms with E-state index >= 15 is 0 Å². The van der Waals surface area contributed by atoms with Gasteiger partial charge in [-0.25, -0.2) is 0 Å². The zero-order valence-electron chi connectivity index (χ0n) is 10.5. The molecule has 0 heteroatoms. The molecule has 0 atom stereocenters. The van der Waals surface area contributed by atoms with Crippen LogP contribution in [0, 0.1) is 0 Å². The minimum Gasteiger partial charge on any atom is -0.0853 e. The van der Waals surface area contributed by atoms with Crippen molar-refractivity contribution >= 4 is 0 Å². The molecule has 0 aromatic rings. The van der Waals surface area contributed by atoms with Gasteiger partial charge in [0.25, 0.3) is 0 Å². The lowest BCUT2D eigenvalue weighted by Gasteiger charge is -2.05. The standard InChI is InChI=1S/C15H24/c1-13-8-5-4-6-9-14(2)12-15(3)11-7-10-13/h9-10,12H,4-8,11H2,1-3H3. The van der Waals surface area contributed by atoms with Crippen molar-refractivity contribution in [3.8, 4) is 0 Å². The highest BCUT2D eigenvalue weighted by Crippen LogP contribution is 2.15. The summed E-state index contributed by atoms with van der Waals surface area (Å²) in [5.74, 6) is 0. The Kier molecular flexibility index (Phi) is 5.45. The Morgan fingerprint density at radius 1 is 0.800 bits per heavy atom. The highest BCUT2D eigenvalue weighted by atomic mass is 14.0. The summed E-state index contributed by atoms with van der Waals surface area (Å²) in [5.41, 5.74) is 4.52. The molecule has 0 saturated carbocycles. The normalized spacial score (nSPS) is 20.6. The van der Waals surface area contributed by atoms with E-state index in [2.05, 4.69) is 39.0 Å². The van der Waals surface area contributed by atoms with Gasteiger partial charge in [-0.05, 0) is 59.3 Å². The van der Waals surface area contributed by atoms with Crippen LogP contribution in [0.3, 0.4) is 0 Å². The first-order valence-corrected chi connectivity index (χ1v) is 6.18. The second kappa shape index (κ2) is 6.66. The predicted octanol–water partition coefficient (Wildman–Crippen LogP) is 5.18. The molecule has 15 heavy (non-hydrogen) atoms. The van der Waals surface area contributed by atoms with E-state index in [9.17, 15) is 0 Å². The molecule has 0 radical (unpaired) electrons. The summed E-state index contributed by atoms with van der Waals surface area (Å²) >= 11 is 0. The van der Waals surface area contributed by atoms with Crippen molar-refractivity contribution in [3.63, 3.8) is 0 Å². The number of rotatable bonds is 0. The maximum Gasteiger partial charge on any atom is -0.0285 e. The monoisotopic (exact) mass is 204 g/mol. The van der Waals surface area contributed by atoms with Gasteiger partial charge in [-0.1, -0.05) is 34.9 Å². The Labute approximate surface area is 94.8 Å². The van der Waals surface area contributed by atoms with Crippen molar-refractivity contribution in [2.45, 2.75) is 59.3 Å². The molecule has 1 rings (SSSR count). The topological polar surface area (TPSA) is 0 Å². The van der Waals surface area contributed by atoms with Gasteiger partial charge in [0.15, 0.2) is 0 Å². The second-order valence-electron chi connectivity index (χ2n) is 4.77. The van der Waals surface area contributed by atoms with Crippen LogP contribution in [0.1, 0.15) is 59.3 Å². The highest BCUT2D eigenvalue weighted by molar-refractivity contribution is 5.21. The summed E-state index contributed by atoms with van der Waals surface area (Å²) in [6.45, 7) is 6.73. The first-order chi connectivity index (χ1) is 7.18. The van der Waals surface area contributed by atoms with Crippen LogP contribution in [-0.4, -0.2) is 0 Å². The SMILES string of the molecule is CC1=CCCCCC(C)=CCCC(C)=C1. The average molecular weight is 204 g/mol. The van der Waals surface area contributed by atoms with Crippen LogP contribution >= 0.6 is 0 Å². The van der Waals surface area contributed by atoms with E-state index in [0.29, 0.717) is 0 Å². The van der Waals surface area contributed by atoms with Crippen LogP contribution in [0.5, 0.6) is 0 Å². The molecule has 0 unspecified atom stereocenters. The lowest BCUT2D eigenvalue weighted by molar-refractivity contribution is 0.736. The van der Waals surface area contributed by atoms with E-state index in [4.69, 9.17) is 0 Å². The predicted molar refractivity (Wildman–Crippen MR) is 69.0 cm³/mol. The van der Waals surface area contributed by atoms with Crippen LogP contribution < -0.4 is 0 Å². The van der Waals surface area contributed by atoms with E-state index in [1.807, 2.05) is 0 Å². The Morgan fingerprint density at radius 2 is 1.60 bits per heavy atom. The minimum atomic E-state index is 1.21. The van der Waals surface area contributed by atoms with E-state index in [1.165, 1.54) is 49.7 Å². The van der Waals surface area contributed by atoms with Crippen molar-refractivity contribution in [1.82, 2.24) is 0 Å². The maximum absolute atomic E-state index is 2.41. The highest BCUT2D eigenvalue weighted by Gasteiger charge is 1.95. The number of hydrogen-bond acceptors (Lipinski definition) is 0. The van der Waals surface area contributed by atoms with Gasteiger partial charge in [0, 0.05) is 0 Å². The third-order valence-corrected chi connectivity index (χ3v) is 3.00. The Balaban J connectivity index is 2.64. The first kappa shape index (κ1) is 12.3. The third kappa shape index (κ3) is 5.61. The summed E-state index contributed by atoms with van der Waals surface area (Å²) in [5, 5.41) is 0. The summed E-state index contributed by atoms with van der Waals surface area (Å²) < 4.78 is 0. The summed E-state index contributed by atoms with van der Waals surface area (Å²) in [4.78, 5) is 0. The van der Waals surface area contributed by atoms with Gasteiger partial charge in [0.05, 0.1) is 0 Å². The molecule has 0 N–H and O–H groups in total. The minimum absolute atomic E-state index is 1.21.